The number of anilines is 1. The Morgan fingerprint density at radius 3 is 2.72 bits per heavy atom. The smallest absolute Gasteiger partial charge is 0.134 e. The minimum Gasteiger partial charge on any atom is -0.394 e. The fourth-order valence-corrected chi connectivity index (χ4v) is 2.38. The Morgan fingerprint density at radius 2 is 2.06 bits per heavy atom. The molecule has 0 saturated heterocycles. The number of nitrogens with one attached hydrogen (secondary N) is 1. The number of nitrogens with zero attached hydrogens (tertiary/aromatic N) is 1. The Bertz CT molecular complexity index is 542. The van der Waals surface area contributed by atoms with Crippen LogP contribution in [0.2, 0.25) is 0 Å². The van der Waals surface area contributed by atoms with Gasteiger partial charge in [0, 0.05) is 21.4 Å². The molecule has 0 radical (unpaired) electrons. The van der Waals surface area contributed by atoms with Crippen LogP contribution in [0.1, 0.15) is 13.8 Å². The van der Waals surface area contributed by atoms with Gasteiger partial charge in [-0.15, -0.1) is 0 Å². The molecule has 1 aromatic heterocycles. The summed E-state index contributed by atoms with van der Waals surface area (Å²) in [5, 5.41) is 14.9. The van der Waals surface area contributed by atoms with Gasteiger partial charge >= 0.3 is 0 Å². The maximum atomic E-state index is 9.38. The van der Waals surface area contributed by atoms with Gasteiger partial charge in [-0.1, -0.05) is 41.9 Å². The molecule has 0 aliphatic heterocycles. The van der Waals surface area contributed by atoms with Crippen molar-refractivity contribution in [3.8, 4) is 0 Å². The predicted octanol–water partition coefficient (Wildman–Crippen LogP) is 3.43. The molecular weight excluding hydrogens is 292 g/mol. The van der Waals surface area contributed by atoms with Gasteiger partial charge in [0.2, 0.25) is 0 Å². The topological polar surface area (TPSA) is 45.1 Å². The summed E-state index contributed by atoms with van der Waals surface area (Å²) in [5.41, 5.74) is 0. The Morgan fingerprint density at radius 1 is 1.28 bits per heavy atom. The van der Waals surface area contributed by atoms with Crippen LogP contribution in [-0.4, -0.2) is 22.7 Å². The largest absolute Gasteiger partial charge is 0.394 e. The number of aromatic nitrogens is 1. The lowest BCUT2D eigenvalue weighted by Gasteiger charge is -2.21. The molecule has 0 amide bonds. The number of rotatable bonds is 4. The molecule has 0 fully saturated rings. The van der Waals surface area contributed by atoms with E-state index in [4.69, 9.17) is 0 Å². The molecular formula is C14H17BrN2O. The zero-order chi connectivity index (χ0) is 13.1. The number of hydrogen-bond donors (Lipinski definition) is 2. The van der Waals surface area contributed by atoms with Crippen molar-refractivity contribution in [1.82, 2.24) is 4.98 Å². The van der Waals surface area contributed by atoms with Gasteiger partial charge in [-0.3, -0.25) is 0 Å². The van der Waals surface area contributed by atoms with E-state index < -0.39 is 0 Å². The van der Waals surface area contributed by atoms with Crippen molar-refractivity contribution in [3.05, 3.63) is 34.9 Å². The van der Waals surface area contributed by atoms with Gasteiger partial charge in [0.1, 0.15) is 5.82 Å². The molecule has 4 heteroatoms. The average Bonchev–Trinajstić information content (AvgIpc) is 2.36. The lowest BCUT2D eigenvalue weighted by atomic mass is 10.0. The summed E-state index contributed by atoms with van der Waals surface area (Å²) in [6.45, 7) is 4.26. The molecule has 1 unspecified atom stereocenters. The van der Waals surface area contributed by atoms with Gasteiger partial charge in [-0.05, 0) is 18.1 Å². The molecule has 0 saturated carbocycles. The highest BCUT2D eigenvalue weighted by molar-refractivity contribution is 9.10. The van der Waals surface area contributed by atoms with Crippen molar-refractivity contribution < 1.29 is 5.11 Å². The Balaban J connectivity index is 2.42. The molecule has 1 heterocycles. The van der Waals surface area contributed by atoms with Crippen LogP contribution >= 0.6 is 15.9 Å². The molecule has 0 spiro atoms. The van der Waals surface area contributed by atoms with E-state index >= 15 is 0 Å². The molecule has 0 bridgehead atoms. The quantitative estimate of drug-likeness (QED) is 0.909. The maximum absolute atomic E-state index is 9.38. The van der Waals surface area contributed by atoms with Gasteiger partial charge in [0.05, 0.1) is 12.6 Å². The van der Waals surface area contributed by atoms with Crippen molar-refractivity contribution in [2.75, 3.05) is 11.9 Å². The predicted molar refractivity (Wildman–Crippen MR) is 78.8 cm³/mol. The van der Waals surface area contributed by atoms with Crippen molar-refractivity contribution in [2.45, 2.75) is 19.9 Å². The number of fused-ring (bicyclic) bond motifs is 1. The zero-order valence-corrected chi connectivity index (χ0v) is 12.1. The second-order valence-corrected chi connectivity index (χ2v) is 5.53. The summed E-state index contributed by atoms with van der Waals surface area (Å²) < 4.78 is 1.05. The SMILES string of the molecule is CC(C)C(CO)Nc1nccc2c(Br)cccc12. The highest BCUT2D eigenvalue weighted by atomic mass is 79.9. The van der Waals surface area contributed by atoms with Crippen LogP contribution in [0.15, 0.2) is 34.9 Å². The summed E-state index contributed by atoms with van der Waals surface area (Å²) in [6.07, 6.45) is 1.78. The molecule has 2 rings (SSSR count). The van der Waals surface area contributed by atoms with Gasteiger partial charge < -0.3 is 10.4 Å². The first-order chi connectivity index (χ1) is 8.63. The van der Waals surface area contributed by atoms with E-state index in [0.29, 0.717) is 5.92 Å². The molecule has 0 aliphatic rings. The fourth-order valence-electron chi connectivity index (χ4n) is 1.88. The molecule has 1 atom stereocenters. The van der Waals surface area contributed by atoms with Crippen LogP contribution in [-0.2, 0) is 0 Å². The third kappa shape index (κ3) is 2.65. The molecule has 2 N–H and O–H groups in total. The van der Waals surface area contributed by atoms with Crippen LogP contribution in [0.3, 0.4) is 0 Å². The van der Waals surface area contributed by atoms with Crippen molar-refractivity contribution in [3.63, 3.8) is 0 Å². The molecule has 1 aromatic carbocycles. The lowest BCUT2D eigenvalue weighted by Crippen LogP contribution is -2.29. The number of benzene rings is 1. The molecule has 0 aliphatic carbocycles. The van der Waals surface area contributed by atoms with Gasteiger partial charge in [0.25, 0.3) is 0 Å². The normalized spacial score (nSPS) is 12.9. The summed E-state index contributed by atoms with van der Waals surface area (Å²) in [5.74, 6) is 1.17. The standard InChI is InChI=1S/C14H17BrN2O/c1-9(2)13(8-18)17-14-11-4-3-5-12(15)10(11)6-7-16-14/h3-7,9,13,18H,8H2,1-2H3,(H,16,17). The summed E-state index contributed by atoms with van der Waals surface area (Å²) in [7, 11) is 0. The molecule has 18 heavy (non-hydrogen) atoms. The molecule has 2 aromatic rings. The van der Waals surface area contributed by atoms with Crippen molar-refractivity contribution >= 4 is 32.5 Å². The lowest BCUT2D eigenvalue weighted by molar-refractivity contribution is 0.249. The van der Waals surface area contributed by atoms with E-state index in [1.54, 1.807) is 6.20 Å². The van der Waals surface area contributed by atoms with E-state index in [-0.39, 0.29) is 12.6 Å². The van der Waals surface area contributed by atoms with Crippen LogP contribution in [0.5, 0.6) is 0 Å². The maximum Gasteiger partial charge on any atom is 0.134 e. The van der Waals surface area contributed by atoms with E-state index in [0.717, 1.165) is 21.1 Å². The van der Waals surface area contributed by atoms with Gasteiger partial charge in [-0.2, -0.15) is 0 Å². The van der Waals surface area contributed by atoms with Crippen molar-refractivity contribution in [2.24, 2.45) is 5.92 Å². The number of pyridine rings is 1. The second-order valence-electron chi connectivity index (χ2n) is 4.67. The van der Waals surface area contributed by atoms with E-state index in [1.807, 2.05) is 24.3 Å². The number of hydrogen-bond acceptors (Lipinski definition) is 3. The third-order valence-corrected chi connectivity index (χ3v) is 3.77. The number of aliphatic hydroxyl groups excluding tert-OH is 1. The zero-order valence-electron chi connectivity index (χ0n) is 10.5. The Labute approximate surface area is 115 Å². The van der Waals surface area contributed by atoms with Crippen molar-refractivity contribution in [1.29, 1.82) is 0 Å². The van der Waals surface area contributed by atoms with Crippen LogP contribution in [0.4, 0.5) is 5.82 Å². The number of halogens is 1. The van der Waals surface area contributed by atoms with E-state index in [9.17, 15) is 5.11 Å². The summed E-state index contributed by atoms with van der Waals surface area (Å²) in [6, 6.07) is 8.03. The van der Waals surface area contributed by atoms with Crippen LogP contribution in [0.25, 0.3) is 10.8 Å². The minimum atomic E-state index is 0.0158. The van der Waals surface area contributed by atoms with E-state index in [1.165, 1.54) is 0 Å². The van der Waals surface area contributed by atoms with Gasteiger partial charge in [0.15, 0.2) is 0 Å². The van der Waals surface area contributed by atoms with E-state index in [2.05, 4.69) is 40.1 Å². The first-order valence-electron chi connectivity index (χ1n) is 6.04. The first kappa shape index (κ1) is 13.3. The number of aliphatic hydroxyl groups is 1. The fraction of sp³-hybridized carbons (Fsp3) is 0.357. The first-order valence-corrected chi connectivity index (χ1v) is 6.83. The van der Waals surface area contributed by atoms with Crippen LogP contribution in [0, 0.1) is 5.92 Å². The van der Waals surface area contributed by atoms with Crippen LogP contribution < -0.4 is 5.32 Å². The molecule has 3 nitrogen and oxygen atoms in total. The third-order valence-electron chi connectivity index (χ3n) is 3.08. The average molecular weight is 309 g/mol. The minimum absolute atomic E-state index is 0.0158. The monoisotopic (exact) mass is 308 g/mol. The van der Waals surface area contributed by atoms with Gasteiger partial charge in [-0.25, -0.2) is 4.98 Å². The highest BCUT2D eigenvalue weighted by Gasteiger charge is 2.14. The molecule has 96 valence electrons. The Hall–Kier alpha value is -1.13. The second kappa shape index (κ2) is 5.67. The summed E-state index contributed by atoms with van der Waals surface area (Å²) >= 11 is 3.54. The highest BCUT2D eigenvalue weighted by Crippen LogP contribution is 2.28. The Kier molecular flexibility index (Phi) is 4.19. The summed E-state index contributed by atoms with van der Waals surface area (Å²) in [4.78, 5) is 4.38.